The molecule has 0 fully saturated rings. The number of anilines is 1. The van der Waals surface area contributed by atoms with Crippen LogP contribution in [0.4, 0.5) is 11.4 Å². The molecule has 0 saturated carbocycles. The van der Waals surface area contributed by atoms with Crippen LogP contribution in [0.25, 0.3) is 0 Å². The SMILES string of the molecule is CC.CC.CC.CC(C)CCN1/C(=C/C=C2C=C(/C=C/C3=[N+](C)c4ccccc4C3(C)C)CCC/2)C(C)(C)c2ccccc21. The fourth-order valence-corrected chi connectivity index (χ4v) is 6.58. The van der Waals surface area contributed by atoms with Crippen LogP contribution in [0.5, 0.6) is 0 Å². The van der Waals surface area contributed by atoms with Crippen molar-refractivity contribution >= 4 is 17.1 Å². The van der Waals surface area contributed by atoms with E-state index in [9.17, 15) is 0 Å². The lowest BCUT2D eigenvalue weighted by Crippen LogP contribution is -2.27. The van der Waals surface area contributed by atoms with Crippen molar-refractivity contribution < 1.29 is 4.58 Å². The smallest absolute Gasteiger partial charge is 0.209 e. The van der Waals surface area contributed by atoms with Gasteiger partial charge in [0.05, 0.1) is 5.41 Å². The van der Waals surface area contributed by atoms with E-state index in [1.54, 1.807) is 0 Å². The molecule has 2 heterocycles. The van der Waals surface area contributed by atoms with Crippen LogP contribution in [-0.2, 0) is 10.8 Å². The largest absolute Gasteiger partial charge is 0.344 e. The monoisotopic (exact) mass is 595 g/mol. The second-order valence-corrected chi connectivity index (χ2v) is 12.8. The van der Waals surface area contributed by atoms with Gasteiger partial charge in [-0.2, -0.15) is 4.58 Å². The first-order chi connectivity index (χ1) is 21.1. The zero-order valence-electron chi connectivity index (χ0n) is 30.5. The molecule has 2 aliphatic heterocycles. The molecule has 0 amide bonds. The van der Waals surface area contributed by atoms with Crippen LogP contribution in [0, 0.1) is 5.92 Å². The number of rotatable bonds is 6. The molecule has 44 heavy (non-hydrogen) atoms. The highest BCUT2D eigenvalue weighted by Gasteiger charge is 2.42. The van der Waals surface area contributed by atoms with E-state index >= 15 is 0 Å². The molecule has 2 heteroatoms. The van der Waals surface area contributed by atoms with Crippen LogP contribution in [0.2, 0.25) is 0 Å². The number of fused-ring (bicyclic) bond motifs is 2. The molecule has 1 aliphatic carbocycles. The fourth-order valence-electron chi connectivity index (χ4n) is 6.58. The van der Waals surface area contributed by atoms with E-state index in [4.69, 9.17) is 0 Å². The minimum Gasteiger partial charge on any atom is -0.344 e. The maximum atomic E-state index is 2.58. The number of para-hydroxylation sites is 2. The molecule has 0 unspecified atom stereocenters. The van der Waals surface area contributed by atoms with Gasteiger partial charge in [-0.25, -0.2) is 0 Å². The fraction of sp³-hybridized carbons (Fsp3) is 0.500. The summed E-state index contributed by atoms with van der Waals surface area (Å²) in [6, 6.07) is 17.8. The van der Waals surface area contributed by atoms with Gasteiger partial charge in [-0.3, -0.25) is 0 Å². The summed E-state index contributed by atoms with van der Waals surface area (Å²) in [5, 5.41) is 0. The second-order valence-electron chi connectivity index (χ2n) is 12.8. The number of benzene rings is 2. The Hall–Kier alpha value is -3.13. The molecule has 0 spiro atoms. The third-order valence-corrected chi connectivity index (χ3v) is 8.88. The molecule has 0 bridgehead atoms. The van der Waals surface area contributed by atoms with Crippen LogP contribution >= 0.6 is 0 Å². The molecular formula is C42H63N2+. The van der Waals surface area contributed by atoms with E-state index in [2.05, 4.69) is 137 Å². The Morgan fingerprint density at radius 3 is 2.02 bits per heavy atom. The van der Waals surface area contributed by atoms with E-state index in [0.29, 0.717) is 5.92 Å². The Balaban J connectivity index is 0.00000106. The van der Waals surface area contributed by atoms with Gasteiger partial charge >= 0.3 is 0 Å². The lowest BCUT2D eigenvalue weighted by molar-refractivity contribution is -0.401. The van der Waals surface area contributed by atoms with Crippen molar-refractivity contribution in [3.05, 3.63) is 107 Å². The van der Waals surface area contributed by atoms with E-state index in [0.717, 1.165) is 19.4 Å². The summed E-state index contributed by atoms with van der Waals surface area (Å²) in [5.74, 6) is 0.690. The van der Waals surface area contributed by atoms with Gasteiger partial charge in [0.1, 0.15) is 7.05 Å². The molecular weight excluding hydrogens is 532 g/mol. The molecule has 2 nitrogen and oxygen atoms in total. The van der Waals surface area contributed by atoms with E-state index in [1.165, 1.54) is 57.9 Å². The van der Waals surface area contributed by atoms with E-state index in [-0.39, 0.29) is 10.8 Å². The average Bonchev–Trinajstić information content (AvgIpc) is 3.38. The summed E-state index contributed by atoms with van der Waals surface area (Å²) < 4.78 is 2.36. The average molecular weight is 596 g/mol. The first kappa shape index (κ1) is 37.1. The van der Waals surface area contributed by atoms with Crippen LogP contribution in [0.3, 0.4) is 0 Å². The number of nitrogens with zero attached hydrogens (tertiary/aromatic N) is 2. The van der Waals surface area contributed by atoms with Gasteiger partial charge in [-0.05, 0) is 74.3 Å². The number of hydrogen-bond acceptors (Lipinski definition) is 1. The maximum absolute atomic E-state index is 2.58. The van der Waals surface area contributed by atoms with Crippen molar-refractivity contribution in [2.45, 2.75) is 120 Å². The van der Waals surface area contributed by atoms with E-state index < -0.39 is 0 Å². The van der Waals surface area contributed by atoms with Gasteiger partial charge in [0.2, 0.25) is 5.69 Å². The van der Waals surface area contributed by atoms with Gasteiger partial charge in [-0.1, -0.05) is 124 Å². The molecule has 0 atom stereocenters. The molecule has 240 valence electrons. The van der Waals surface area contributed by atoms with Gasteiger partial charge in [0.15, 0.2) is 5.71 Å². The molecule has 3 aliphatic rings. The van der Waals surface area contributed by atoms with Crippen molar-refractivity contribution in [1.29, 1.82) is 0 Å². The summed E-state index contributed by atoms with van der Waals surface area (Å²) >= 11 is 0. The Morgan fingerprint density at radius 1 is 0.773 bits per heavy atom. The molecule has 0 radical (unpaired) electrons. The Bertz CT molecular complexity index is 1370. The summed E-state index contributed by atoms with van der Waals surface area (Å²) in [7, 11) is 2.20. The van der Waals surface area contributed by atoms with Gasteiger partial charge in [0.25, 0.3) is 0 Å². The summed E-state index contributed by atoms with van der Waals surface area (Å²) in [6.07, 6.45) is 16.7. The van der Waals surface area contributed by atoms with Crippen LogP contribution in [-0.4, -0.2) is 23.9 Å². The lowest BCUT2D eigenvalue weighted by atomic mass is 9.81. The molecule has 2 aromatic rings. The zero-order chi connectivity index (χ0) is 33.1. The van der Waals surface area contributed by atoms with Gasteiger partial charge < -0.3 is 4.90 Å². The third kappa shape index (κ3) is 7.92. The number of hydrogen-bond donors (Lipinski definition) is 0. The molecule has 0 aromatic heterocycles. The molecule has 0 N–H and O–H groups in total. The quantitative estimate of drug-likeness (QED) is 0.301. The first-order valence-corrected chi connectivity index (χ1v) is 17.5. The highest BCUT2D eigenvalue weighted by Crippen LogP contribution is 2.48. The minimum absolute atomic E-state index is 0.00995. The highest BCUT2D eigenvalue weighted by atomic mass is 15.2. The standard InChI is InChI=1S/C36H45N2.3C2H6/c1-26(2)23-24-38-32-18-11-9-16-30(32)36(5,6)34(38)22-20-28-14-12-13-27(25-28)19-21-33-35(3,4)29-15-8-10-17-31(29)37(33)7;3*1-2/h8-11,15-22,25-26H,12-14,23-24H2,1-7H3;3*1-2H3/q+1;;;. The summed E-state index contributed by atoms with van der Waals surface area (Å²) in [5.41, 5.74) is 11.2. The molecule has 2 aromatic carbocycles. The van der Waals surface area contributed by atoms with Crippen LogP contribution in [0.15, 0.2) is 95.8 Å². The Labute approximate surface area is 272 Å². The third-order valence-electron chi connectivity index (χ3n) is 8.88. The highest BCUT2D eigenvalue weighted by molar-refractivity contribution is 6.03. The number of allylic oxidation sites excluding steroid dienone is 8. The summed E-state index contributed by atoms with van der Waals surface area (Å²) in [4.78, 5) is 2.58. The second kappa shape index (κ2) is 16.8. The lowest BCUT2D eigenvalue weighted by Gasteiger charge is -2.27. The van der Waals surface area contributed by atoms with Crippen molar-refractivity contribution in [1.82, 2.24) is 0 Å². The predicted molar refractivity (Wildman–Crippen MR) is 198 cm³/mol. The molecule has 0 saturated heterocycles. The van der Waals surface area contributed by atoms with Gasteiger partial charge in [0, 0.05) is 41.1 Å². The normalized spacial score (nSPS) is 19.5. The van der Waals surface area contributed by atoms with E-state index in [1.807, 2.05) is 41.5 Å². The van der Waals surface area contributed by atoms with Gasteiger partial charge in [-0.15, -0.1) is 0 Å². The molecule has 5 rings (SSSR count). The Kier molecular flexibility index (Phi) is 14.2. The predicted octanol–water partition coefficient (Wildman–Crippen LogP) is 12.1. The van der Waals surface area contributed by atoms with Crippen molar-refractivity contribution in [2.24, 2.45) is 5.92 Å². The van der Waals surface area contributed by atoms with Crippen LogP contribution < -0.4 is 4.90 Å². The first-order valence-electron chi connectivity index (χ1n) is 17.5. The zero-order valence-corrected chi connectivity index (χ0v) is 30.5. The summed E-state index contributed by atoms with van der Waals surface area (Å²) in [6.45, 7) is 27.2. The van der Waals surface area contributed by atoms with Crippen molar-refractivity contribution in [2.75, 3.05) is 18.5 Å². The maximum Gasteiger partial charge on any atom is 0.209 e. The van der Waals surface area contributed by atoms with Crippen molar-refractivity contribution in [3.63, 3.8) is 0 Å². The Morgan fingerprint density at radius 2 is 1.39 bits per heavy atom. The van der Waals surface area contributed by atoms with Crippen LogP contribution in [0.1, 0.15) is 120 Å². The van der Waals surface area contributed by atoms with Crippen molar-refractivity contribution in [3.8, 4) is 0 Å². The topological polar surface area (TPSA) is 6.25 Å². The minimum atomic E-state index is 0.00995.